The molecule has 0 amide bonds. The molecule has 0 aromatic heterocycles. The molecule has 0 saturated carbocycles. The first kappa shape index (κ1) is 14.3. The lowest BCUT2D eigenvalue weighted by Crippen LogP contribution is -2.44. The van der Waals surface area contributed by atoms with Crippen LogP contribution in [0.1, 0.15) is 12.0 Å². The van der Waals surface area contributed by atoms with Crippen LogP contribution in [0, 0.1) is 0 Å². The van der Waals surface area contributed by atoms with Crippen molar-refractivity contribution in [2.45, 2.75) is 13.0 Å². The quantitative estimate of drug-likeness (QED) is 0.782. The predicted molar refractivity (Wildman–Crippen MR) is 78.4 cm³/mol. The Hall–Kier alpha value is -1.10. The van der Waals surface area contributed by atoms with Crippen LogP contribution in [0.3, 0.4) is 0 Å². The molecular weight excluding hydrogens is 238 g/mol. The maximum Gasteiger partial charge on any atom is 0.123 e. The van der Waals surface area contributed by atoms with Gasteiger partial charge in [-0.25, -0.2) is 0 Å². The summed E-state index contributed by atoms with van der Waals surface area (Å²) < 4.78 is 5.82. The summed E-state index contributed by atoms with van der Waals surface area (Å²) in [5, 5.41) is 0. The molecule has 1 aliphatic heterocycles. The molecule has 4 nitrogen and oxygen atoms in total. The Morgan fingerprint density at radius 2 is 1.89 bits per heavy atom. The van der Waals surface area contributed by atoms with E-state index >= 15 is 0 Å². The maximum absolute atomic E-state index is 5.82. The van der Waals surface area contributed by atoms with E-state index in [1.807, 2.05) is 24.3 Å². The van der Waals surface area contributed by atoms with Crippen molar-refractivity contribution in [3.63, 3.8) is 0 Å². The number of hydrogen-bond donors (Lipinski definition) is 1. The van der Waals surface area contributed by atoms with Gasteiger partial charge in [0.05, 0.1) is 6.61 Å². The van der Waals surface area contributed by atoms with E-state index in [2.05, 4.69) is 16.8 Å². The van der Waals surface area contributed by atoms with Crippen LogP contribution >= 0.6 is 0 Å². The first-order valence-electron chi connectivity index (χ1n) is 7.11. The van der Waals surface area contributed by atoms with Crippen molar-refractivity contribution in [2.75, 3.05) is 46.4 Å². The largest absolute Gasteiger partial charge is 0.493 e. The number of hydrogen-bond acceptors (Lipinski definition) is 4. The summed E-state index contributed by atoms with van der Waals surface area (Å²) in [5.74, 6) is 0.934. The topological polar surface area (TPSA) is 41.7 Å². The van der Waals surface area contributed by atoms with Gasteiger partial charge in [0.1, 0.15) is 5.75 Å². The molecule has 2 rings (SSSR count). The number of nitrogens with two attached hydrogens (primary N) is 1. The summed E-state index contributed by atoms with van der Waals surface area (Å²) in [4.78, 5) is 4.89. The third-order valence-corrected chi connectivity index (χ3v) is 3.66. The summed E-state index contributed by atoms with van der Waals surface area (Å²) in [7, 11) is 2.18. The predicted octanol–water partition coefficient (Wildman–Crippen LogP) is 1.16. The fraction of sp³-hybridized carbons (Fsp3) is 0.600. The number of piperazine rings is 1. The monoisotopic (exact) mass is 263 g/mol. The number of ether oxygens (including phenoxy) is 1. The Bertz CT molecular complexity index is 375. The molecule has 0 bridgehead atoms. The molecule has 2 N–H and O–H groups in total. The second kappa shape index (κ2) is 7.48. The van der Waals surface area contributed by atoms with Crippen molar-refractivity contribution < 1.29 is 4.74 Å². The first-order valence-corrected chi connectivity index (χ1v) is 7.11. The lowest BCUT2D eigenvalue weighted by molar-refractivity contribution is 0.145. The molecule has 1 aromatic rings. The van der Waals surface area contributed by atoms with E-state index in [1.54, 1.807) is 0 Å². The molecule has 0 radical (unpaired) electrons. The fourth-order valence-corrected chi connectivity index (χ4v) is 2.36. The van der Waals surface area contributed by atoms with Gasteiger partial charge in [-0.1, -0.05) is 18.2 Å². The summed E-state index contributed by atoms with van der Waals surface area (Å²) in [6.07, 6.45) is 1.07. The van der Waals surface area contributed by atoms with Crippen molar-refractivity contribution in [2.24, 2.45) is 5.73 Å². The van der Waals surface area contributed by atoms with E-state index in [0.29, 0.717) is 6.54 Å². The number of rotatable bonds is 6. The molecule has 1 fully saturated rings. The molecule has 0 spiro atoms. The van der Waals surface area contributed by atoms with Crippen LogP contribution < -0.4 is 10.5 Å². The van der Waals surface area contributed by atoms with Crippen LogP contribution in [0.2, 0.25) is 0 Å². The van der Waals surface area contributed by atoms with Crippen LogP contribution in [-0.4, -0.2) is 56.2 Å². The molecule has 106 valence electrons. The van der Waals surface area contributed by atoms with E-state index in [4.69, 9.17) is 10.5 Å². The first-order chi connectivity index (χ1) is 9.29. The minimum atomic E-state index is 0.536. The third kappa shape index (κ3) is 4.49. The summed E-state index contributed by atoms with van der Waals surface area (Å²) in [5.41, 5.74) is 6.78. The molecule has 0 unspecified atom stereocenters. The van der Waals surface area contributed by atoms with Crippen molar-refractivity contribution in [1.82, 2.24) is 9.80 Å². The molecule has 1 saturated heterocycles. The van der Waals surface area contributed by atoms with Gasteiger partial charge in [0.2, 0.25) is 0 Å². The van der Waals surface area contributed by atoms with E-state index in [-0.39, 0.29) is 0 Å². The minimum absolute atomic E-state index is 0.536. The molecule has 0 atom stereocenters. The molecule has 1 heterocycles. The standard InChI is InChI=1S/C15H25N3O/c1-17-8-10-18(11-9-17)7-4-12-19-15-6-3-2-5-14(15)13-16/h2-3,5-6H,4,7-13,16H2,1H3. The van der Waals surface area contributed by atoms with Crippen molar-refractivity contribution in [3.05, 3.63) is 29.8 Å². The summed E-state index contributed by atoms with van der Waals surface area (Å²) >= 11 is 0. The Kier molecular flexibility index (Phi) is 5.63. The average Bonchev–Trinajstić information content (AvgIpc) is 2.46. The van der Waals surface area contributed by atoms with Crippen molar-refractivity contribution in [1.29, 1.82) is 0 Å². The van der Waals surface area contributed by atoms with E-state index in [9.17, 15) is 0 Å². The van der Waals surface area contributed by atoms with Crippen molar-refractivity contribution >= 4 is 0 Å². The Balaban J connectivity index is 1.66. The molecular formula is C15H25N3O. The number of para-hydroxylation sites is 1. The van der Waals surface area contributed by atoms with Crippen LogP contribution in [0.25, 0.3) is 0 Å². The summed E-state index contributed by atoms with van der Waals surface area (Å²) in [6.45, 7) is 7.14. The van der Waals surface area contributed by atoms with E-state index in [0.717, 1.165) is 30.9 Å². The zero-order chi connectivity index (χ0) is 13.5. The van der Waals surface area contributed by atoms with E-state index < -0.39 is 0 Å². The highest BCUT2D eigenvalue weighted by molar-refractivity contribution is 5.32. The highest BCUT2D eigenvalue weighted by atomic mass is 16.5. The lowest BCUT2D eigenvalue weighted by atomic mass is 10.2. The van der Waals surface area contributed by atoms with Gasteiger partial charge in [-0.05, 0) is 19.5 Å². The lowest BCUT2D eigenvalue weighted by Gasteiger charge is -2.32. The summed E-state index contributed by atoms with van der Waals surface area (Å²) in [6, 6.07) is 8.02. The fourth-order valence-electron chi connectivity index (χ4n) is 2.36. The van der Waals surface area contributed by atoms with E-state index in [1.165, 1.54) is 26.2 Å². The second-order valence-electron chi connectivity index (χ2n) is 5.16. The van der Waals surface area contributed by atoms with Gasteiger partial charge >= 0.3 is 0 Å². The SMILES string of the molecule is CN1CCN(CCCOc2ccccc2CN)CC1. The van der Waals surface area contributed by atoms with Gasteiger partial charge in [-0.15, -0.1) is 0 Å². The molecule has 1 aliphatic rings. The Labute approximate surface area is 116 Å². The maximum atomic E-state index is 5.82. The highest BCUT2D eigenvalue weighted by Gasteiger charge is 2.12. The zero-order valence-electron chi connectivity index (χ0n) is 11.8. The van der Waals surface area contributed by atoms with Gasteiger partial charge in [-0.2, -0.15) is 0 Å². The third-order valence-electron chi connectivity index (χ3n) is 3.66. The van der Waals surface area contributed by atoms with Crippen LogP contribution in [0.4, 0.5) is 0 Å². The molecule has 0 aliphatic carbocycles. The van der Waals surface area contributed by atoms with Gasteiger partial charge in [-0.3, -0.25) is 0 Å². The Morgan fingerprint density at radius 3 is 2.63 bits per heavy atom. The van der Waals surface area contributed by atoms with Gasteiger partial charge in [0.25, 0.3) is 0 Å². The van der Waals surface area contributed by atoms with Gasteiger partial charge in [0, 0.05) is 44.8 Å². The highest BCUT2D eigenvalue weighted by Crippen LogP contribution is 2.17. The second-order valence-corrected chi connectivity index (χ2v) is 5.16. The normalized spacial score (nSPS) is 17.6. The van der Waals surface area contributed by atoms with Gasteiger partial charge in [0.15, 0.2) is 0 Å². The Morgan fingerprint density at radius 1 is 1.16 bits per heavy atom. The number of benzene rings is 1. The van der Waals surface area contributed by atoms with Crippen LogP contribution in [0.5, 0.6) is 5.75 Å². The van der Waals surface area contributed by atoms with Gasteiger partial charge < -0.3 is 20.3 Å². The van der Waals surface area contributed by atoms with Crippen LogP contribution in [0.15, 0.2) is 24.3 Å². The molecule has 19 heavy (non-hydrogen) atoms. The van der Waals surface area contributed by atoms with Crippen molar-refractivity contribution in [3.8, 4) is 5.75 Å². The number of likely N-dealkylation sites (N-methyl/N-ethyl adjacent to an activating group) is 1. The average molecular weight is 263 g/mol. The van der Waals surface area contributed by atoms with Crippen LogP contribution in [-0.2, 0) is 6.54 Å². The zero-order valence-corrected chi connectivity index (χ0v) is 11.8. The number of nitrogens with zero attached hydrogens (tertiary/aromatic N) is 2. The minimum Gasteiger partial charge on any atom is -0.493 e. The molecule has 4 heteroatoms. The molecule has 1 aromatic carbocycles. The smallest absolute Gasteiger partial charge is 0.123 e.